The number of methoxy groups -OCH3 is 2. The van der Waals surface area contributed by atoms with E-state index in [-0.39, 0.29) is 17.9 Å². The van der Waals surface area contributed by atoms with E-state index in [1.54, 1.807) is 49.6 Å². The highest BCUT2D eigenvalue weighted by molar-refractivity contribution is 6.46. The van der Waals surface area contributed by atoms with Gasteiger partial charge in [0, 0.05) is 23.7 Å². The third kappa shape index (κ3) is 3.83. The SMILES string of the molecule is COc1ccc([C@H]2C(=C(O)c3ccccc3)C(=O)C(=O)N2Cc2ccccc2)c(OC)c1. The van der Waals surface area contributed by atoms with Crippen LogP contribution in [0.5, 0.6) is 11.5 Å². The van der Waals surface area contributed by atoms with Crippen LogP contribution in [-0.4, -0.2) is 35.9 Å². The van der Waals surface area contributed by atoms with E-state index in [0.717, 1.165) is 5.56 Å². The zero-order valence-electron chi connectivity index (χ0n) is 17.8. The van der Waals surface area contributed by atoms with E-state index in [2.05, 4.69) is 0 Å². The van der Waals surface area contributed by atoms with Crippen molar-refractivity contribution in [2.75, 3.05) is 14.2 Å². The fraction of sp³-hybridized carbons (Fsp3) is 0.154. The molecule has 0 aromatic heterocycles. The molecule has 1 aliphatic heterocycles. The van der Waals surface area contributed by atoms with Crippen molar-refractivity contribution in [3.63, 3.8) is 0 Å². The predicted molar refractivity (Wildman–Crippen MR) is 120 cm³/mol. The molecule has 6 nitrogen and oxygen atoms in total. The summed E-state index contributed by atoms with van der Waals surface area (Å²) in [4.78, 5) is 27.7. The summed E-state index contributed by atoms with van der Waals surface area (Å²) in [5.41, 5.74) is 1.94. The van der Waals surface area contributed by atoms with E-state index in [4.69, 9.17) is 9.47 Å². The Balaban J connectivity index is 1.91. The zero-order chi connectivity index (χ0) is 22.7. The van der Waals surface area contributed by atoms with Crippen LogP contribution in [0.25, 0.3) is 5.76 Å². The average molecular weight is 429 g/mol. The number of likely N-dealkylation sites (tertiary alicyclic amines) is 1. The molecular weight excluding hydrogens is 406 g/mol. The number of carbonyl (C=O) groups excluding carboxylic acids is 2. The molecule has 3 aromatic carbocycles. The molecule has 1 amide bonds. The van der Waals surface area contributed by atoms with E-state index in [9.17, 15) is 14.7 Å². The summed E-state index contributed by atoms with van der Waals surface area (Å²) in [7, 11) is 3.06. The fourth-order valence-electron chi connectivity index (χ4n) is 3.94. The minimum atomic E-state index is -0.823. The summed E-state index contributed by atoms with van der Waals surface area (Å²) >= 11 is 0. The smallest absolute Gasteiger partial charge is 0.295 e. The summed E-state index contributed by atoms with van der Waals surface area (Å²) < 4.78 is 10.9. The first-order chi connectivity index (χ1) is 15.5. The van der Waals surface area contributed by atoms with E-state index in [1.165, 1.54) is 12.0 Å². The largest absolute Gasteiger partial charge is 0.507 e. The number of amides is 1. The number of ether oxygens (including phenoxy) is 2. The van der Waals surface area contributed by atoms with Gasteiger partial charge in [-0.25, -0.2) is 0 Å². The molecule has 0 aliphatic carbocycles. The van der Waals surface area contributed by atoms with Crippen LogP contribution in [0, 0.1) is 0 Å². The lowest BCUT2D eigenvalue weighted by Crippen LogP contribution is -2.29. The summed E-state index contributed by atoms with van der Waals surface area (Å²) in [6.45, 7) is 0.205. The van der Waals surface area contributed by atoms with E-state index < -0.39 is 17.7 Å². The first kappa shape index (κ1) is 21.2. The number of Topliss-reactive ketones (excluding diaryl/α,β-unsaturated/α-hetero) is 1. The number of aliphatic hydroxyl groups excluding tert-OH is 1. The van der Waals surface area contributed by atoms with Crippen molar-refractivity contribution in [3.05, 3.63) is 101 Å². The average Bonchev–Trinajstić information content (AvgIpc) is 3.09. The van der Waals surface area contributed by atoms with Gasteiger partial charge >= 0.3 is 0 Å². The molecule has 4 rings (SSSR count). The van der Waals surface area contributed by atoms with Gasteiger partial charge in [0.1, 0.15) is 17.3 Å². The molecule has 1 N–H and O–H groups in total. The van der Waals surface area contributed by atoms with Crippen molar-refractivity contribution in [2.45, 2.75) is 12.6 Å². The molecule has 0 saturated carbocycles. The second-order valence-corrected chi connectivity index (χ2v) is 7.39. The number of aliphatic hydroxyl groups is 1. The first-order valence-electron chi connectivity index (χ1n) is 10.1. The number of ketones is 1. The Morgan fingerprint density at radius 1 is 0.906 bits per heavy atom. The minimum absolute atomic E-state index is 0.0283. The van der Waals surface area contributed by atoms with Crippen LogP contribution in [0.2, 0.25) is 0 Å². The van der Waals surface area contributed by atoms with Crippen molar-refractivity contribution >= 4 is 17.4 Å². The van der Waals surface area contributed by atoms with Gasteiger partial charge in [-0.15, -0.1) is 0 Å². The van der Waals surface area contributed by atoms with Gasteiger partial charge in [-0.3, -0.25) is 9.59 Å². The number of carbonyl (C=O) groups is 2. The number of nitrogens with zero attached hydrogens (tertiary/aromatic N) is 1. The van der Waals surface area contributed by atoms with Gasteiger partial charge in [0.05, 0.1) is 25.8 Å². The lowest BCUT2D eigenvalue weighted by molar-refractivity contribution is -0.140. The minimum Gasteiger partial charge on any atom is -0.507 e. The van der Waals surface area contributed by atoms with Gasteiger partial charge in [-0.05, 0) is 17.7 Å². The van der Waals surface area contributed by atoms with Crippen LogP contribution < -0.4 is 9.47 Å². The second kappa shape index (κ2) is 8.98. The monoisotopic (exact) mass is 429 g/mol. The molecule has 162 valence electrons. The number of hydrogen-bond donors (Lipinski definition) is 1. The maximum Gasteiger partial charge on any atom is 0.295 e. The van der Waals surface area contributed by atoms with Gasteiger partial charge in [-0.2, -0.15) is 0 Å². The highest BCUT2D eigenvalue weighted by Gasteiger charge is 2.47. The molecular formula is C26H23NO5. The van der Waals surface area contributed by atoms with Crippen LogP contribution in [0.4, 0.5) is 0 Å². The normalized spacial score (nSPS) is 17.4. The summed E-state index contributed by atoms with van der Waals surface area (Å²) in [5.74, 6) is -0.594. The molecule has 1 fully saturated rings. The zero-order valence-corrected chi connectivity index (χ0v) is 17.8. The lowest BCUT2D eigenvalue weighted by Gasteiger charge is -2.27. The maximum atomic E-state index is 13.2. The molecule has 0 bridgehead atoms. The Morgan fingerprint density at radius 2 is 1.56 bits per heavy atom. The number of hydrogen-bond acceptors (Lipinski definition) is 5. The third-order valence-electron chi connectivity index (χ3n) is 5.52. The van der Waals surface area contributed by atoms with Crippen LogP contribution in [0.1, 0.15) is 22.7 Å². The third-order valence-corrected chi connectivity index (χ3v) is 5.52. The molecule has 1 heterocycles. The van der Waals surface area contributed by atoms with Gasteiger partial charge in [-0.1, -0.05) is 60.7 Å². The summed E-state index contributed by atoms with van der Waals surface area (Å²) in [6, 6.07) is 22.5. The molecule has 0 spiro atoms. The Kier molecular flexibility index (Phi) is 5.94. The topological polar surface area (TPSA) is 76.1 Å². The molecule has 0 unspecified atom stereocenters. The van der Waals surface area contributed by atoms with E-state index in [1.807, 2.05) is 36.4 Å². The number of benzene rings is 3. The number of rotatable bonds is 6. The Bertz CT molecular complexity index is 1170. The van der Waals surface area contributed by atoms with Gasteiger partial charge in [0.15, 0.2) is 0 Å². The van der Waals surface area contributed by atoms with E-state index in [0.29, 0.717) is 22.6 Å². The molecule has 1 atom stereocenters. The van der Waals surface area contributed by atoms with Crippen LogP contribution >= 0.6 is 0 Å². The van der Waals surface area contributed by atoms with Crippen LogP contribution in [-0.2, 0) is 16.1 Å². The molecule has 1 saturated heterocycles. The van der Waals surface area contributed by atoms with Crippen molar-refractivity contribution in [1.82, 2.24) is 4.90 Å². The summed E-state index contributed by atoms with van der Waals surface area (Å²) in [5, 5.41) is 11.1. The maximum absolute atomic E-state index is 13.2. The van der Waals surface area contributed by atoms with Crippen LogP contribution in [0.15, 0.2) is 84.4 Å². The van der Waals surface area contributed by atoms with Gasteiger partial charge in [0.2, 0.25) is 0 Å². The van der Waals surface area contributed by atoms with Crippen molar-refractivity contribution in [3.8, 4) is 11.5 Å². The van der Waals surface area contributed by atoms with Gasteiger partial charge in [0.25, 0.3) is 11.7 Å². The van der Waals surface area contributed by atoms with Crippen molar-refractivity contribution < 1.29 is 24.2 Å². The molecule has 1 aliphatic rings. The summed E-state index contributed by atoms with van der Waals surface area (Å²) in [6.07, 6.45) is 0. The molecule has 32 heavy (non-hydrogen) atoms. The Morgan fingerprint density at radius 3 is 2.19 bits per heavy atom. The van der Waals surface area contributed by atoms with Crippen LogP contribution in [0.3, 0.4) is 0 Å². The predicted octanol–water partition coefficient (Wildman–Crippen LogP) is 4.33. The standard InChI is InChI=1S/C26H23NO5/c1-31-19-13-14-20(21(15-19)32-2)23-22(24(28)18-11-7-4-8-12-18)25(29)26(30)27(23)16-17-9-5-3-6-10-17/h3-15,23,28H,16H2,1-2H3/t23-/m0/s1. The first-order valence-corrected chi connectivity index (χ1v) is 10.1. The highest BCUT2D eigenvalue weighted by atomic mass is 16.5. The molecule has 3 aromatic rings. The molecule has 0 radical (unpaired) electrons. The Labute approximate surface area is 186 Å². The van der Waals surface area contributed by atoms with Crippen molar-refractivity contribution in [2.24, 2.45) is 0 Å². The Hall–Kier alpha value is -4.06. The van der Waals surface area contributed by atoms with Gasteiger partial charge < -0.3 is 19.5 Å². The lowest BCUT2D eigenvalue weighted by atomic mass is 9.94. The van der Waals surface area contributed by atoms with Crippen molar-refractivity contribution in [1.29, 1.82) is 0 Å². The quantitative estimate of drug-likeness (QED) is 0.359. The second-order valence-electron chi connectivity index (χ2n) is 7.39. The molecule has 6 heteroatoms. The fourth-order valence-corrected chi connectivity index (χ4v) is 3.94. The highest BCUT2D eigenvalue weighted by Crippen LogP contribution is 2.44. The van der Waals surface area contributed by atoms with E-state index >= 15 is 0 Å².